The highest BCUT2D eigenvalue weighted by molar-refractivity contribution is 9.10. The molecule has 2 nitrogen and oxygen atoms in total. The molecule has 0 aliphatic rings. The molecule has 0 aliphatic carbocycles. The minimum absolute atomic E-state index is 0.131. The quantitative estimate of drug-likeness (QED) is 0.784. The van der Waals surface area contributed by atoms with Crippen LogP contribution in [0.4, 0.5) is 0 Å². The van der Waals surface area contributed by atoms with E-state index in [1.54, 1.807) is 12.5 Å². The molecule has 0 amide bonds. The van der Waals surface area contributed by atoms with Gasteiger partial charge in [-0.05, 0) is 21.8 Å². The Labute approximate surface area is 91.9 Å². The van der Waals surface area contributed by atoms with Gasteiger partial charge < -0.3 is 0 Å². The highest BCUT2D eigenvalue weighted by Crippen LogP contribution is 2.19. The number of rotatable bonds is 3. The summed E-state index contributed by atoms with van der Waals surface area (Å²) in [5.41, 5.74) is 0.976. The third-order valence-corrected chi connectivity index (χ3v) is 3.18. The van der Waals surface area contributed by atoms with Crippen LogP contribution in [0.1, 0.15) is 19.5 Å². The van der Waals surface area contributed by atoms with Crippen LogP contribution >= 0.6 is 27.5 Å². The molecule has 0 saturated heterocycles. The third-order valence-electron chi connectivity index (χ3n) is 1.86. The molecular weight excluding hydrogens is 251 g/mol. The molecule has 0 aliphatic heterocycles. The molecule has 0 fully saturated rings. The molecule has 1 unspecified atom stereocenters. The summed E-state index contributed by atoms with van der Waals surface area (Å²) in [6.07, 6.45) is 4.07. The van der Waals surface area contributed by atoms with Crippen LogP contribution in [0.15, 0.2) is 17.0 Å². The fourth-order valence-electron chi connectivity index (χ4n) is 0.909. The maximum absolute atomic E-state index is 6.14. The molecule has 1 aromatic rings. The minimum atomic E-state index is 0.131. The van der Waals surface area contributed by atoms with Crippen molar-refractivity contribution < 1.29 is 0 Å². The van der Waals surface area contributed by atoms with Gasteiger partial charge in [-0.25, -0.2) is 9.97 Å². The fraction of sp³-hybridized carbons (Fsp3) is 0.556. The Morgan fingerprint density at radius 2 is 2.23 bits per heavy atom. The summed E-state index contributed by atoms with van der Waals surface area (Å²) < 4.78 is 0.932. The molecule has 72 valence electrons. The first kappa shape index (κ1) is 10.9. The largest absolute Gasteiger partial charge is 0.244 e. The molecule has 13 heavy (non-hydrogen) atoms. The van der Waals surface area contributed by atoms with Gasteiger partial charge in [0.05, 0.1) is 10.2 Å². The number of hydrogen-bond acceptors (Lipinski definition) is 2. The maximum atomic E-state index is 6.14. The van der Waals surface area contributed by atoms with Gasteiger partial charge in [-0.3, -0.25) is 0 Å². The van der Waals surface area contributed by atoms with Crippen molar-refractivity contribution >= 4 is 27.5 Å². The smallest absolute Gasteiger partial charge is 0.115 e. The molecule has 0 spiro atoms. The molecular formula is C9H12BrClN2. The Balaban J connectivity index is 2.69. The lowest BCUT2D eigenvalue weighted by Gasteiger charge is -2.12. The zero-order chi connectivity index (χ0) is 9.84. The fourth-order valence-corrected chi connectivity index (χ4v) is 1.44. The summed E-state index contributed by atoms with van der Waals surface area (Å²) in [6, 6.07) is 0. The van der Waals surface area contributed by atoms with Crippen molar-refractivity contribution in [2.75, 3.05) is 0 Å². The standard InChI is InChI=1S/C9H12BrClN2/c1-6(2)8(11)3-9-7(10)4-12-5-13-9/h4-6,8H,3H2,1-2H3. The summed E-state index contributed by atoms with van der Waals surface area (Å²) in [4.78, 5) is 8.05. The normalized spacial score (nSPS) is 13.3. The molecule has 0 aromatic carbocycles. The number of alkyl halides is 1. The SMILES string of the molecule is CC(C)C(Cl)Cc1ncncc1Br. The van der Waals surface area contributed by atoms with Crippen LogP contribution in [0.5, 0.6) is 0 Å². The highest BCUT2D eigenvalue weighted by Gasteiger charge is 2.12. The van der Waals surface area contributed by atoms with Gasteiger partial charge in [-0.2, -0.15) is 0 Å². The Hall–Kier alpha value is -0.150. The molecule has 0 N–H and O–H groups in total. The predicted octanol–water partition coefficient (Wildman–Crippen LogP) is 3.05. The van der Waals surface area contributed by atoms with E-state index in [2.05, 4.69) is 39.7 Å². The topological polar surface area (TPSA) is 25.8 Å². The van der Waals surface area contributed by atoms with E-state index in [9.17, 15) is 0 Å². The first-order chi connectivity index (χ1) is 6.11. The average molecular weight is 264 g/mol. The van der Waals surface area contributed by atoms with Crippen LogP contribution in [0, 0.1) is 5.92 Å². The zero-order valence-electron chi connectivity index (χ0n) is 7.67. The second-order valence-corrected chi connectivity index (χ2v) is 4.70. The van der Waals surface area contributed by atoms with E-state index in [-0.39, 0.29) is 5.38 Å². The van der Waals surface area contributed by atoms with E-state index in [0.717, 1.165) is 16.6 Å². The Bertz CT molecular complexity index is 278. The molecule has 1 heterocycles. The lowest BCUT2D eigenvalue weighted by molar-refractivity contribution is 0.589. The van der Waals surface area contributed by atoms with Gasteiger partial charge in [0, 0.05) is 18.0 Å². The number of aromatic nitrogens is 2. The van der Waals surface area contributed by atoms with Crippen molar-refractivity contribution in [3.63, 3.8) is 0 Å². The average Bonchev–Trinajstić information content (AvgIpc) is 2.08. The van der Waals surface area contributed by atoms with Crippen molar-refractivity contribution in [3.8, 4) is 0 Å². The van der Waals surface area contributed by atoms with E-state index < -0.39 is 0 Å². The van der Waals surface area contributed by atoms with Gasteiger partial charge in [0.1, 0.15) is 6.33 Å². The lowest BCUT2D eigenvalue weighted by Crippen LogP contribution is -2.12. The predicted molar refractivity (Wildman–Crippen MR) is 57.9 cm³/mol. The second-order valence-electron chi connectivity index (χ2n) is 3.28. The minimum Gasteiger partial charge on any atom is -0.244 e. The van der Waals surface area contributed by atoms with Gasteiger partial charge in [-0.15, -0.1) is 11.6 Å². The maximum Gasteiger partial charge on any atom is 0.115 e. The summed E-state index contributed by atoms with van der Waals surface area (Å²) >= 11 is 9.53. The Morgan fingerprint density at radius 1 is 1.54 bits per heavy atom. The van der Waals surface area contributed by atoms with Gasteiger partial charge in [-0.1, -0.05) is 13.8 Å². The van der Waals surface area contributed by atoms with Crippen molar-refractivity contribution in [1.82, 2.24) is 9.97 Å². The van der Waals surface area contributed by atoms with Gasteiger partial charge in [0.15, 0.2) is 0 Å². The van der Waals surface area contributed by atoms with Gasteiger partial charge in [0.25, 0.3) is 0 Å². The monoisotopic (exact) mass is 262 g/mol. The van der Waals surface area contributed by atoms with E-state index in [4.69, 9.17) is 11.6 Å². The molecule has 0 saturated carbocycles. The molecule has 1 rings (SSSR count). The van der Waals surface area contributed by atoms with E-state index in [1.807, 2.05) is 0 Å². The molecule has 1 aromatic heterocycles. The highest BCUT2D eigenvalue weighted by atomic mass is 79.9. The molecule has 1 atom stereocenters. The van der Waals surface area contributed by atoms with Crippen LogP contribution in [0.2, 0.25) is 0 Å². The van der Waals surface area contributed by atoms with Crippen molar-refractivity contribution in [2.45, 2.75) is 25.6 Å². The van der Waals surface area contributed by atoms with Crippen LogP contribution in [0.25, 0.3) is 0 Å². The number of hydrogen-bond donors (Lipinski definition) is 0. The van der Waals surface area contributed by atoms with E-state index in [1.165, 1.54) is 0 Å². The van der Waals surface area contributed by atoms with Crippen LogP contribution in [-0.2, 0) is 6.42 Å². The Kier molecular flexibility index (Phi) is 4.13. The number of halogens is 2. The summed E-state index contributed by atoms with van der Waals surface area (Å²) in [7, 11) is 0. The first-order valence-electron chi connectivity index (χ1n) is 4.19. The summed E-state index contributed by atoms with van der Waals surface area (Å²) in [5, 5.41) is 0.131. The lowest BCUT2D eigenvalue weighted by atomic mass is 10.1. The molecule has 4 heteroatoms. The summed E-state index contributed by atoms with van der Waals surface area (Å²) in [6.45, 7) is 4.21. The van der Waals surface area contributed by atoms with Gasteiger partial charge >= 0.3 is 0 Å². The van der Waals surface area contributed by atoms with E-state index >= 15 is 0 Å². The third kappa shape index (κ3) is 3.24. The van der Waals surface area contributed by atoms with E-state index in [0.29, 0.717) is 5.92 Å². The van der Waals surface area contributed by atoms with Crippen molar-refractivity contribution in [1.29, 1.82) is 0 Å². The van der Waals surface area contributed by atoms with Gasteiger partial charge in [0.2, 0.25) is 0 Å². The second kappa shape index (κ2) is 4.91. The zero-order valence-corrected chi connectivity index (χ0v) is 10.0. The molecule has 0 bridgehead atoms. The van der Waals surface area contributed by atoms with Crippen molar-refractivity contribution in [2.24, 2.45) is 5.92 Å². The summed E-state index contributed by atoms with van der Waals surface area (Å²) in [5.74, 6) is 0.462. The molecule has 0 radical (unpaired) electrons. The van der Waals surface area contributed by atoms with Crippen LogP contribution < -0.4 is 0 Å². The number of nitrogens with zero attached hydrogens (tertiary/aromatic N) is 2. The van der Waals surface area contributed by atoms with Crippen LogP contribution in [-0.4, -0.2) is 15.3 Å². The first-order valence-corrected chi connectivity index (χ1v) is 5.42. The Morgan fingerprint density at radius 3 is 2.77 bits per heavy atom. The van der Waals surface area contributed by atoms with Crippen molar-refractivity contribution in [3.05, 3.63) is 22.7 Å². The van der Waals surface area contributed by atoms with Crippen LogP contribution in [0.3, 0.4) is 0 Å².